The Bertz CT molecular complexity index is 514. The van der Waals surface area contributed by atoms with Gasteiger partial charge >= 0.3 is 0 Å². The van der Waals surface area contributed by atoms with Gasteiger partial charge < -0.3 is 5.32 Å². The van der Waals surface area contributed by atoms with Crippen molar-refractivity contribution in [2.24, 2.45) is 0 Å². The number of rotatable bonds is 4. The van der Waals surface area contributed by atoms with Crippen molar-refractivity contribution in [1.82, 2.24) is 4.98 Å². The zero-order valence-corrected chi connectivity index (χ0v) is 11.9. The lowest BCUT2D eigenvalue weighted by Crippen LogP contribution is -2.07. The van der Waals surface area contributed by atoms with Gasteiger partial charge in [-0.3, -0.25) is 0 Å². The van der Waals surface area contributed by atoms with Crippen molar-refractivity contribution >= 4 is 44.1 Å². The van der Waals surface area contributed by atoms with E-state index in [1.165, 1.54) is 5.39 Å². The minimum Gasteiger partial charge on any atom is -0.370 e. The summed E-state index contributed by atoms with van der Waals surface area (Å²) >= 11 is 9.47. The third-order valence-electron chi connectivity index (χ3n) is 2.59. The molecule has 0 radical (unpaired) electrons. The van der Waals surface area contributed by atoms with Gasteiger partial charge in [0, 0.05) is 33.4 Å². The fraction of sp³-hybridized carbons (Fsp3) is 0.308. The van der Waals surface area contributed by atoms with Gasteiger partial charge in [0.15, 0.2) is 0 Å². The van der Waals surface area contributed by atoms with Gasteiger partial charge in [-0.2, -0.15) is 0 Å². The molecule has 0 aliphatic heterocycles. The van der Waals surface area contributed by atoms with Crippen LogP contribution in [-0.4, -0.2) is 16.9 Å². The molecule has 1 aromatic heterocycles. The van der Waals surface area contributed by atoms with Crippen molar-refractivity contribution in [2.45, 2.75) is 18.7 Å². The van der Waals surface area contributed by atoms with Gasteiger partial charge in [-0.1, -0.05) is 28.1 Å². The molecule has 4 heteroatoms. The maximum atomic E-state index is 5.92. The van der Waals surface area contributed by atoms with E-state index in [0.717, 1.165) is 28.6 Å². The van der Waals surface area contributed by atoms with Gasteiger partial charge in [-0.25, -0.2) is 4.98 Å². The summed E-state index contributed by atoms with van der Waals surface area (Å²) in [7, 11) is 0. The van der Waals surface area contributed by atoms with Gasteiger partial charge in [-0.05, 0) is 25.5 Å². The molecule has 1 atom stereocenters. The molecule has 0 spiro atoms. The molecule has 1 N–H and O–H groups in total. The zero-order valence-electron chi connectivity index (χ0n) is 9.58. The predicted molar refractivity (Wildman–Crippen MR) is 77.9 cm³/mol. The normalized spacial score (nSPS) is 12.6. The molecule has 0 amide bonds. The van der Waals surface area contributed by atoms with Crippen LogP contribution in [-0.2, 0) is 0 Å². The van der Waals surface area contributed by atoms with Crippen molar-refractivity contribution in [3.05, 3.63) is 34.9 Å². The first-order valence-electron chi connectivity index (χ1n) is 5.59. The smallest absolute Gasteiger partial charge is 0.133 e. The first-order valence-corrected chi connectivity index (χ1v) is 6.82. The molecule has 2 nitrogen and oxygen atoms in total. The Kier molecular flexibility index (Phi) is 4.24. The van der Waals surface area contributed by atoms with E-state index in [1.807, 2.05) is 31.3 Å². The largest absolute Gasteiger partial charge is 0.370 e. The molecule has 2 aromatic rings. The van der Waals surface area contributed by atoms with Crippen LogP contribution in [0.5, 0.6) is 0 Å². The van der Waals surface area contributed by atoms with Crippen LogP contribution < -0.4 is 5.32 Å². The number of fused-ring (bicyclic) bond motifs is 1. The first-order chi connectivity index (χ1) is 8.18. The molecule has 1 heterocycles. The molecule has 1 unspecified atom stereocenters. The van der Waals surface area contributed by atoms with Crippen molar-refractivity contribution < 1.29 is 0 Å². The Morgan fingerprint density at radius 3 is 2.94 bits per heavy atom. The molecular weight excluding hydrogens is 300 g/mol. The van der Waals surface area contributed by atoms with Crippen LogP contribution in [0.3, 0.4) is 0 Å². The predicted octanol–water partition coefficient (Wildman–Crippen LogP) is 4.43. The minimum absolute atomic E-state index is 0.184. The molecule has 0 aliphatic rings. The van der Waals surface area contributed by atoms with E-state index < -0.39 is 0 Å². The molecule has 1 aromatic carbocycles. The second kappa shape index (κ2) is 5.69. The van der Waals surface area contributed by atoms with Crippen LogP contribution in [0.2, 0.25) is 0 Å². The Hall–Kier alpha value is -0.800. The van der Waals surface area contributed by atoms with E-state index >= 15 is 0 Å². The van der Waals surface area contributed by atoms with E-state index in [-0.39, 0.29) is 5.38 Å². The van der Waals surface area contributed by atoms with E-state index in [4.69, 9.17) is 11.6 Å². The number of alkyl halides is 1. The lowest BCUT2D eigenvalue weighted by Gasteiger charge is -2.10. The summed E-state index contributed by atoms with van der Waals surface area (Å²) in [5.74, 6) is 0.918. The molecule has 0 saturated carbocycles. The summed E-state index contributed by atoms with van der Waals surface area (Å²) in [6.45, 7) is 2.83. The first kappa shape index (κ1) is 12.7. The molecule has 17 heavy (non-hydrogen) atoms. The highest BCUT2D eigenvalue weighted by molar-refractivity contribution is 9.10. The quantitative estimate of drug-likeness (QED) is 0.845. The molecular formula is C13H14BrClN2. The number of pyridine rings is 1. The molecule has 0 fully saturated rings. The van der Waals surface area contributed by atoms with Gasteiger partial charge in [0.2, 0.25) is 0 Å². The molecule has 90 valence electrons. The number of benzene rings is 1. The fourth-order valence-corrected chi connectivity index (χ4v) is 2.31. The fourth-order valence-electron chi connectivity index (χ4n) is 1.70. The van der Waals surface area contributed by atoms with Crippen molar-refractivity contribution in [3.63, 3.8) is 0 Å². The maximum Gasteiger partial charge on any atom is 0.133 e. The SMILES string of the molecule is CC(Cl)CCNc1nccc2c(Br)cccc12. The Labute approximate surface area is 115 Å². The molecule has 0 saturated heterocycles. The van der Waals surface area contributed by atoms with Gasteiger partial charge in [-0.15, -0.1) is 11.6 Å². The van der Waals surface area contributed by atoms with E-state index in [9.17, 15) is 0 Å². The Balaban J connectivity index is 2.25. The average Bonchev–Trinajstić information content (AvgIpc) is 2.30. The van der Waals surface area contributed by atoms with E-state index in [2.05, 4.69) is 32.3 Å². The van der Waals surface area contributed by atoms with Crippen LogP contribution in [0, 0.1) is 0 Å². The monoisotopic (exact) mass is 312 g/mol. The molecule has 0 bridgehead atoms. The topological polar surface area (TPSA) is 24.9 Å². The summed E-state index contributed by atoms with van der Waals surface area (Å²) in [6.07, 6.45) is 2.74. The van der Waals surface area contributed by atoms with Crippen LogP contribution in [0.1, 0.15) is 13.3 Å². The lowest BCUT2D eigenvalue weighted by atomic mass is 10.1. The summed E-state index contributed by atoms with van der Waals surface area (Å²) in [6, 6.07) is 8.13. The highest BCUT2D eigenvalue weighted by Gasteiger charge is 2.04. The van der Waals surface area contributed by atoms with E-state index in [0.29, 0.717) is 0 Å². The Morgan fingerprint density at radius 2 is 2.18 bits per heavy atom. The summed E-state index contributed by atoms with van der Waals surface area (Å²) < 4.78 is 1.09. The number of nitrogens with one attached hydrogen (secondary N) is 1. The lowest BCUT2D eigenvalue weighted by molar-refractivity contribution is 0.840. The van der Waals surface area contributed by atoms with Gasteiger partial charge in [0.05, 0.1) is 0 Å². The number of aromatic nitrogens is 1. The Morgan fingerprint density at radius 1 is 1.35 bits per heavy atom. The molecule has 0 aliphatic carbocycles. The standard InChI is InChI=1S/C13H14BrClN2/c1-9(15)5-7-16-13-11-3-2-4-12(14)10(11)6-8-17-13/h2-4,6,8-9H,5,7H2,1H3,(H,16,17). The number of nitrogens with zero attached hydrogens (tertiary/aromatic N) is 1. The summed E-state index contributed by atoms with van der Waals surface area (Å²) in [4.78, 5) is 4.37. The third-order valence-corrected chi connectivity index (χ3v) is 3.50. The van der Waals surface area contributed by atoms with Crippen LogP contribution >= 0.6 is 27.5 Å². The van der Waals surface area contributed by atoms with Crippen molar-refractivity contribution in [1.29, 1.82) is 0 Å². The number of anilines is 1. The number of hydrogen-bond acceptors (Lipinski definition) is 2. The second-order valence-electron chi connectivity index (χ2n) is 3.99. The van der Waals surface area contributed by atoms with Crippen LogP contribution in [0.25, 0.3) is 10.8 Å². The number of hydrogen-bond donors (Lipinski definition) is 1. The van der Waals surface area contributed by atoms with E-state index in [1.54, 1.807) is 0 Å². The third kappa shape index (κ3) is 3.11. The zero-order chi connectivity index (χ0) is 12.3. The molecule has 2 rings (SSSR count). The van der Waals surface area contributed by atoms with Crippen molar-refractivity contribution in [2.75, 3.05) is 11.9 Å². The van der Waals surface area contributed by atoms with Crippen LogP contribution in [0.4, 0.5) is 5.82 Å². The van der Waals surface area contributed by atoms with Gasteiger partial charge in [0.25, 0.3) is 0 Å². The van der Waals surface area contributed by atoms with Crippen LogP contribution in [0.15, 0.2) is 34.9 Å². The second-order valence-corrected chi connectivity index (χ2v) is 5.59. The highest BCUT2D eigenvalue weighted by Crippen LogP contribution is 2.27. The maximum absolute atomic E-state index is 5.92. The number of halogens is 2. The van der Waals surface area contributed by atoms with Gasteiger partial charge in [0.1, 0.15) is 5.82 Å². The minimum atomic E-state index is 0.184. The summed E-state index contributed by atoms with van der Waals surface area (Å²) in [5.41, 5.74) is 0. The summed E-state index contributed by atoms with van der Waals surface area (Å²) in [5, 5.41) is 5.81. The van der Waals surface area contributed by atoms with Crippen molar-refractivity contribution in [3.8, 4) is 0 Å². The average molecular weight is 314 g/mol. The highest BCUT2D eigenvalue weighted by atomic mass is 79.9.